The van der Waals surface area contributed by atoms with Crippen molar-refractivity contribution in [1.82, 2.24) is 10.3 Å². The van der Waals surface area contributed by atoms with Gasteiger partial charge in [-0.2, -0.15) is 0 Å². The summed E-state index contributed by atoms with van der Waals surface area (Å²) in [6.07, 6.45) is 9.26. The molecule has 1 aromatic carbocycles. The molecule has 1 aliphatic carbocycles. The van der Waals surface area contributed by atoms with Gasteiger partial charge in [0.05, 0.1) is 0 Å². The number of fused-ring (bicyclic) bond motifs is 1. The first-order valence-electron chi connectivity index (χ1n) is 7.44. The predicted octanol–water partition coefficient (Wildman–Crippen LogP) is 3.87. The van der Waals surface area contributed by atoms with Crippen molar-refractivity contribution >= 4 is 10.8 Å². The van der Waals surface area contributed by atoms with Crippen molar-refractivity contribution in [2.24, 2.45) is 0 Å². The van der Waals surface area contributed by atoms with E-state index in [4.69, 9.17) is 0 Å². The number of pyridine rings is 1. The summed E-state index contributed by atoms with van der Waals surface area (Å²) in [5.41, 5.74) is 1.45. The summed E-state index contributed by atoms with van der Waals surface area (Å²) in [5.74, 6) is 0.663. The molecular weight excluding hydrogens is 232 g/mol. The van der Waals surface area contributed by atoms with Gasteiger partial charge in [0.25, 0.3) is 0 Å². The Morgan fingerprint density at radius 1 is 1.21 bits per heavy atom. The SMILES string of the molecule is CCNC1CCCC(c2cncc3ccccc23)C1. The van der Waals surface area contributed by atoms with Gasteiger partial charge in [-0.25, -0.2) is 0 Å². The average Bonchev–Trinajstić information content (AvgIpc) is 2.47. The summed E-state index contributed by atoms with van der Waals surface area (Å²) < 4.78 is 0. The Kier molecular flexibility index (Phi) is 3.79. The van der Waals surface area contributed by atoms with Crippen LogP contribution in [0.3, 0.4) is 0 Å². The van der Waals surface area contributed by atoms with Crippen LogP contribution in [0.1, 0.15) is 44.1 Å². The molecule has 0 saturated heterocycles. The van der Waals surface area contributed by atoms with Crippen LogP contribution in [-0.2, 0) is 0 Å². The molecular formula is C17H22N2. The van der Waals surface area contributed by atoms with Crippen LogP contribution >= 0.6 is 0 Å². The Labute approximate surface area is 115 Å². The Balaban J connectivity index is 1.91. The molecule has 0 aliphatic heterocycles. The van der Waals surface area contributed by atoms with Crippen LogP contribution in [0.4, 0.5) is 0 Å². The van der Waals surface area contributed by atoms with E-state index in [2.05, 4.69) is 47.7 Å². The molecule has 19 heavy (non-hydrogen) atoms. The minimum absolute atomic E-state index is 0.663. The molecule has 2 atom stereocenters. The maximum Gasteiger partial charge on any atom is 0.0346 e. The fourth-order valence-corrected chi connectivity index (χ4v) is 3.41. The van der Waals surface area contributed by atoms with Crippen molar-refractivity contribution < 1.29 is 0 Å². The summed E-state index contributed by atoms with van der Waals surface area (Å²) in [5, 5.41) is 6.27. The molecule has 2 aromatic rings. The first-order valence-corrected chi connectivity index (χ1v) is 7.44. The second kappa shape index (κ2) is 5.70. The number of benzene rings is 1. The predicted molar refractivity (Wildman–Crippen MR) is 80.4 cm³/mol. The lowest BCUT2D eigenvalue weighted by Crippen LogP contribution is -2.33. The normalized spacial score (nSPS) is 23.6. The third-order valence-corrected chi connectivity index (χ3v) is 4.31. The van der Waals surface area contributed by atoms with E-state index < -0.39 is 0 Å². The molecule has 1 N–H and O–H groups in total. The van der Waals surface area contributed by atoms with Gasteiger partial charge in [-0.1, -0.05) is 37.6 Å². The Hall–Kier alpha value is -1.41. The van der Waals surface area contributed by atoms with Crippen molar-refractivity contribution in [1.29, 1.82) is 0 Å². The average molecular weight is 254 g/mol. The Bertz CT molecular complexity index is 542. The molecule has 1 aliphatic rings. The van der Waals surface area contributed by atoms with Crippen molar-refractivity contribution in [2.75, 3.05) is 6.54 Å². The molecule has 1 fully saturated rings. The zero-order chi connectivity index (χ0) is 13.1. The molecule has 0 spiro atoms. The van der Waals surface area contributed by atoms with Crippen molar-refractivity contribution in [2.45, 2.75) is 44.6 Å². The van der Waals surface area contributed by atoms with Crippen LogP contribution < -0.4 is 5.32 Å². The van der Waals surface area contributed by atoms with Gasteiger partial charge in [-0.15, -0.1) is 0 Å². The topological polar surface area (TPSA) is 24.9 Å². The summed E-state index contributed by atoms with van der Waals surface area (Å²) >= 11 is 0. The summed E-state index contributed by atoms with van der Waals surface area (Å²) in [6, 6.07) is 9.31. The van der Waals surface area contributed by atoms with Gasteiger partial charge in [0.1, 0.15) is 0 Å². The minimum Gasteiger partial charge on any atom is -0.314 e. The van der Waals surface area contributed by atoms with Gasteiger partial charge < -0.3 is 5.32 Å². The van der Waals surface area contributed by atoms with Crippen molar-refractivity contribution in [3.63, 3.8) is 0 Å². The van der Waals surface area contributed by atoms with Gasteiger partial charge in [-0.3, -0.25) is 4.98 Å². The molecule has 0 amide bonds. The number of rotatable bonds is 3. The second-order valence-corrected chi connectivity index (χ2v) is 5.57. The lowest BCUT2D eigenvalue weighted by Gasteiger charge is -2.30. The van der Waals surface area contributed by atoms with E-state index in [-0.39, 0.29) is 0 Å². The summed E-state index contributed by atoms with van der Waals surface area (Å²) in [7, 11) is 0. The minimum atomic E-state index is 0.663. The number of hydrogen-bond donors (Lipinski definition) is 1. The summed E-state index contributed by atoms with van der Waals surface area (Å²) in [4.78, 5) is 4.44. The quantitative estimate of drug-likeness (QED) is 0.899. The molecule has 0 bridgehead atoms. The van der Waals surface area contributed by atoms with Gasteiger partial charge >= 0.3 is 0 Å². The standard InChI is InChI=1S/C17H22N2/c1-2-19-15-8-5-7-13(10-15)17-12-18-11-14-6-3-4-9-16(14)17/h3-4,6,9,11-13,15,19H,2,5,7-8,10H2,1H3. The van der Waals surface area contributed by atoms with E-state index in [0.717, 1.165) is 6.54 Å². The van der Waals surface area contributed by atoms with Crippen LogP contribution in [0.5, 0.6) is 0 Å². The summed E-state index contributed by atoms with van der Waals surface area (Å²) in [6.45, 7) is 3.27. The zero-order valence-electron chi connectivity index (χ0n) is 11.6. The van der Waals surface area contributed by atoms with E-state index in [0.29, 0.717) is 12.0 Å². The molecule has 0 radical (unpaired) electrons. The maximum atomic E-state index is 4.44. The maximum absolute atomic E-state index is 4.44. The second-order valence-electron chi connectivity index (χ2n) is 5.57. The zero-order valence-corrected chi connectivity index (χ0v) is 11.6. The Morgan fingerprint density at radius 2 is 2.11 bits per heavy atom. The van der Waals surface area contributed by atoms with Crippen LogP contribution in [-0.4, -0.2) is 17.6 Å². The monoisotopic (exact) mass is 254 g/mol. The van der Waals surface area contributed by atoms with E-state index in [1.807, 2.05) is 6.20 Å². The molecule has 1 aromatic heterocycles. The molecule has 2 heteroatoms. The smallest absolute Gasteiger partial charge is 0.0346 e. The van der Waals surface area contributed by atoms with Gasteiger partial charge in [0.2, 0.25) is 0 Å². The van der Waals surface area contributed by atoms with E-state index in [1.54, 1.807) is 0 Å². The van der Waals surface area contributed by atoms with E-state index >= 15 is 0 Å². The van der Waals surface area contributed by atoms with Gasteiger partial charge in [0.15, 0.2) is 0 Å². The van der Waals surface area contributed by atoms with Crippen LogP contribution in [0.25, 0.3) is 10.8 Å². The molecule has 1 saturated carbocycles. The highest BCUT2D eigenvalue weighted by Crippen LogP contribution is 2.35. The molecule has 2 unspecified atom stereocenters. The number of hydrogen-bond acceptors (Lipinski definition) is 2. The third kappa shape index (κ3) is 2.64. The molecule has 100 valence electrons. The number of aromatic nitrogens is 1. The first kappa shape index (κ1) is 12.6. The highest BCUT2D eigenvalue weighted by atomic mass is 14.9. The fourth-order valence-electron chi connectivity index (χ4n) is 3.41. The van der Waals surface area contributed by atoms with E-state index in [1.165, 1.54) is 42.0 Å². The molecule has 2 nitrogen and oxygen atoms in total. The highest BCUT2D eigenvalue weighted by Gasteiger charge is 2.23. The van der Waals surface area contributed by atoms with E-state index in [9.17, 15) is 0 Å². The first-order chi connectivity index (χ1) is 9.38. The van der Waals surface area contributed by atoms with Gasteiger partial charge in [0, 0.05) is 23.8 Å². The third-order valence-electron chi connectivity index (χ3n) is 4.31. The number of nitrogens with one attached hydrogen (secondary N) is 1. The fraction of sp³-hybridized carbons (Fsp3) is 0.471. The van der Waals surface area contributed by atoms with Crippen molar-refractivity contribution in [3.8, 4) is 0 Å². The molecule has 1 heterocycles. The highest BCUT2D eigenvalue weighted by molar-refractivity contribution is 5.85. The molecule has 3 rings (SSSR count). The Morgan fingerprint density at radius 3 is 3.00 bits per heavy atom. The van der Waals surface area contributed by atoms with Gasteiger partial charge in [-0.05, 0) is 42.7 Å². The lowest BCUT2D eigenvalue weighted by atomic mass is 9.80. The van der Waals surface area contributed by atoms with Crippen LogP contribution in [0.15, 0.2) is 36.7 Å². The number of nitrogens with zero attached hydrogens (tertiary/aromatic N) is 1. The van der Waals surface area contributed by atoms with Crippen LogP contribution in [0.2, 0.25) is 0 Å². The van der Waals surface area contributed by atoms with Crippen LogP contribution in [0, 0.1) is 0 Å². The van der Waals surface area contributed by atoms with Crippen molar-refractivity contribution in [3.05, 3.63) is 42.2 Å². The lowest BCUT2D eigenvalue weighted by molar-refractivity contribution is 0.345. The largest absolute Gasteiger partial charge is 0.314 e.